The Morgan fingerprint density at radius 3 is 3.10 bits per heavy atom. The van der Waals surface area contributed by atoms with Crippen molar-refractivity contribution in [2.45, 2.75) is 13.0 Å². The molecule has 1 aromatic heterocycles. The average Bonchev–Trinajstić information content (AvgIpc) is 2.95. The fraction of sp³-hybridized carbons (Fsp3) is 0.375. The van der Waals surface area contributed by atoms with Crippen LogP contribution >= 0.6 is 0 Å². The summed E-state index contributed by atoms with van der Waals surface area (Å²) >= 11 is 0. The number of methoxy groups -OCH3 is 1. The third kappa shape index (κ3) is 2.51. The van der Waals surface area contributed by atoms with Gasteiger partial charge in [0, 0.05) is 24.7 Å². The zero-order valence-corrected chi connectivity index (χ0v) is 11.6. The number of benzene rings is 1. The van der Waals surface area contributed by atoms with Crippen LogP contribution in [0, 0.1) is 5.92 Å². The van der Waals surface area contributed by atoms with Crippen LogP contribution in [-0.4, -0.2) is 36.1 Å². The normalized spacial score (nSPS) is 19.4. The lowest BCUT2D eigenvalue weighted by Crippen LogP contribution is -2.23. The average molecular weight is 270 g/mol. The van der Waals surface area contributed by atoms with Gasteiger partial charge < -0.3 is 4.74 Å². The maximum atomic E-state index is 11.6. The van der Waals surface area contributed by atoms with Crippen LogP contribution < -0.4 is 0 Å². The Bertz CT molecular complexity index is 621. The fourth-order valence-corrected chi connectivity index (χ4v) is 2.87. The van der Waals surface area contributed by atoms with E-state index in [-0.39, 0.29) is 11.9 Å². The Hall–Kier alpha value is -1.94. The molecule has 1 fully saturated rings. The second-order valence-electron chi connectivity index (χ2n) is 5.23. The summed E-state index contributed by atoms with van der Waals surface area (Å²) in [4.78, 5) is 18.3. The van der Waals surface area contributed by atoms with E-state index < -0.39 is 0 Å². The highest BCUT2D eigenvalue weighted by molar-refractivity contribution is 5.81. The lowest BCUT2D eigenvalue weighted by atomic mass is 10.1. The second-order valence-corrected chi connectivity index (χ2v) is 5.23. The molecule has 3 rings (SSSR count). The Labute approximate surface area is 118 Å². The minimum atomic E-state index is -0.0907. The van der Waals surface area contributed by atoms with Gasteiger partial charge in [-0.05, 0) is 30.7 Å². The van der Waals surface area contributed by atoms with Gasteiger partial charge in [-0.3, -0.25) is 14.7 Å². The SMILES string of the molecule is COC(=O)C1CCN(Cc2ccnc3ccccc23)C1. The number of para-hydroxylation sites is 1. The van der Waals surface area contributed by atoms with Gasteiger partial charge in [-0.25, -0.2) is 0 Å². The number of esters is 1. The number of ether oxygens (including phenoxy) is 1. The smallest absolute Gasteiger partial charge is 0.310 e. The van der Waals surface area contributed by atoms with Crippen molar-refractivity contribution in [2.24, 2.45) is 5.92 Å². The van der Waals surface area contributed by atoms with Crippen LogP contribution in [0.15, 0.2) is 36.5 Å². The van der Waals surface area contributed by atoms with E-state index in [9.17, 15) is 4.79 Å². The van der Waals surface area contributed by atoms with Gasteiger partial charge in [-0.15, -0.1) is 0 Å². The number of aromatic nitrogens is 1. The van der Waals surface area contributed by atoms with Gasteiger partial charge in [0.1, 0.15) is 0 Å². The van der Waals surface area contributed by atoms with Crippen molar-refractivity contribution < 1.29 is 9.53 Å². The highest BCUT2D eigenvalue weighted by atomic mass is 16.5. The molecule has 0 N–H and O–H groups in total. The molecule has 0 saturated carbocycles. The van der Waals surface area contributed by atoms with E-state index in [0.29, 0.717) is 0 Å². The molecule has 1 unspecified atom stereocenters. The molecule has 104 valence electrons. The Kier molecular flexibility index (Phi) is 3.65. The molecule has 0 spiro atoms. The molecule has 2 heterocycles. The van der Waals surface area contributed by atoms with E-state index in [1.54, 1.807) is 0 Å². The summed E-state index contributed by atoms with van der Waals surface area (Å²) in [7, 11) is 1.46. The molecule has 20 heavy (non-hydrogen) atoms. The lowest BCUT2D eigenvalue weighted by molar-refractivity contribution is -0.144. The summed E-state index contributed by atoms with van der Waals surface area (Å²) < 4.78 is 4.83. The van der Waals surface area contributed by atoms with Crippen LogP contribution in [0.1, 0.15) is 12.0 Å². The molecule has 0 radical (unpaired) electrons. The van der Waals surface area contributed by atoms with Crippen LogP contribution in [-0.2, 0) is 16.1 Å². The number of carbonyl (C=O) groups is 1. The number of hydrogen-bond donors (Lipinski definition) is 0. The Balaban J connectivity index is 1.76. The second kappa shape index (κ2) is 5.59. The molecule has 1 saturated heterocycles. The standard InChI is InChI=1S/C16H18N2O2/c1-20-16(19)13-7-9-18(11-13)10-12-6-8-17-15-5-3-2-4-14(12)15/h2-6,8,13H,7,9-11H2,1H3. The number of pyridine rings is 1. The third-order valence-electron chi connectivity index (χ3n) is 3.94. The molecule has 0 amide bonds. The van der Waals surface area contributed by atoms with Crippen LogP contribution in [0.4, 0.5) is 0 Å². The molecule has 4 heteroatoms. The fourth-order valence-electron chi connectivity index (χ4n) is 2.87. The predicted octanol–water partition coefficient (Wildman–Crippen LogP) is 2.23. The van der Waals surface area contributed by atoms with Gasteiger partial charge >= 0.3 is 5.97 Å². The predicted molar refractivity (Wildman–Crippen MR) is 77.1 cm³/mol. The highest BCUT2D eigenvalue weighted by Gasteiger charge is 2.28. The van der Waals surface area contributed by atoms with Crippen LogP contribution in [0.3, 0.4) is 0 Å². The van der Waals surface area contributed by atoms with E-state index in [4.69, 9.17) is 4.74 Å². The molecular formula is C16H18N2O2. The minimum Gasteiger partial charge on any atom is -0.469 e. The minimum absolute atomic E-state index is 0.0214. The maximum absolute atomic E-state index is 11.6. The summed E-state index contributed by atoms with van der Waals surface area (Å²) in [6.45, 7) is 2.58. The first-order chi connectivity index (χ1) is 9.78. The number of rotatable bonds is 3. The van der Waals surface area contributed by atoms with Gasteiger partial charge in [-0.1, -0.05) is 18.2 Å². The number of carbonyl (C=O) groups excluding carboxylic acids is 1. The van der Waals surface area contributed by atoms with E-state index in [1.165, 1.54) is 18.1 Å². The first-order valence-electron chi connectivity index (χ1n) is 6.91. The maximum Gasteiger partial charge on any atom is 0.310 e. The van der Waals surface area contributed by atoms with Crippen molar-refractivity contribution in [3.8, 4) is 0 Å². The summed E-state index contributed by atoms with van der Waals surface area (Å²) in [6, 6.07) is 10.2. The Morgan fingerprint density at radius 2 is 2.25 bits per heavy atom. The molecule has 1 aliphatic heterocycles. The Morgan fingerprint density at radius 1 is 1.40 bits per heavy atom. The summed E-state index contributed by atoms with van der Waals surface area (Å²) in [5, 5.41) is 1.19. The first-order valence-corrected chi connectivity index (χ1v) is 6.91. The van der Waals surface area contributed by atoms with Gasteiger partial charge in [0.2, 0.25) is 0 Å². The number of likely N-dealkylation sites (tertiary alicyclic amines) is 1. The zero-order valence-electron chi connectivity index (χ0n) is 11.6. The quantitative estimate of drug-likeness (QED) is 0.802. The lowest BCUT2D eigenvalue weighted by Gasteiger charge is -2.16. The number of fused-ring (bicyclic) bond motifs is 1. The molecule has 1 aliphatic rings. The summed E-state index contributed by atoms with van der Waals surface area (Å²) in [5.41, 5.74) is 2.29. The number of hydrogen-bond acceptors (Lipinski definition) is 4. The van der Waals surface area contributed by atoms with Gasteiger partial charge in [-0.2, -0.15) is 0 Å². The summed E-state index contributed by atoms with van der Waals surface area (Å²) in [6.07, 6.45) is 2.74. The molecule has 0 aliphatic carbocycles. The van der Waals surface area contributed by atoms with E-state index in [1.807, 2.05) is 24.4 Å². The van der Waals surface area contributed by atoms with Crippen molar-refractivity contribution >= 4 is 16.9 Å². The van der Waals surface area contributed by atoms with Gasteiger partial charge in [0.05, 0.1) is 18.5 Å². The van der Waals surface area contributed by atoms with Crippen molar-refractivity contribution in [3.05, 3.63) is 42.1 Å². The largest absolute Gasteiger partial charge is 0.469 e. The van der Waals surface area contributed by atoms with E-state index in [2.05, 4.69) is 22.0 Å². The molecule has 1 atom stereocenters. The molecule has 1 aromatic carbocycles. The monoisotopic (exact) mass is 270 g/mol. The van der Waals surface area contributed by atoms with E-state index in [0.717, 1.165) is 31.6 Å². The van der Waals surface area contributed by atoms with Crippen LogP contribution in [0.2, 0.25) is 0 Å². The summed E-state index contributed by atoms with van der Waals surface area (Å²) in [5.74, 6) is -0.0693. The first kappa shape index (κ1) is 13.1. The third-order valence-corrected chi connectivity index (χ3v) is 3.94. The van der Waals surface area contributed by atoms with Crippen molar-refractivity contribution in [3.63, 3.8) is 0 Å². The molecule has 4 nitrogen and oxygen atoms in total. The van der Waals surface area contributed by atoms with Crippen molar-refractivity contribution in [1.29, 1.82) is 0 Å². The van der Waals surface area contributed by atoms with Crippen molar-refractivity contribution in [2.75, 3.05) is 20.2 Å². The van der Waals surface area contributed by atoms with Crippen molar-refractivity contribution in [1.82, 2.24) is 9.88 Å². The zero-order chi connectivity index (χ0) is 13.9. The molecular weight excluding hydrogens is 252 g/mol. The number of nitrogens with zero attached hydrogens (tertiary/aromatic N) is 2. The topological polar surface area (TPSA) is 42.4 Å². The molecule has 0 bridgehead atoms. The van der Waals surface area contributed by atoms with E-state index >= 15 is 0 Å². The molecule has 2 aromatic rings. The van der Waals surface area contributed by atoms with Gasteiger partial charge in [0.25, 0.3) is 0 Å². The van der Waals surface area contributed by atoms with Gasteiger partial charge in [0.15, 0.2) is 0 Å². The highest BCUT2D eigenvalue weighted by Crippen LogP contribution is 2.23. The van der Waals surface area contributed by atoms with Crippen LogP contribution in [0.25, 0.3) is 10.9 Å². The van der Waals surface area contributed by atoms with Crippen LogP contribution in [0.5, 0.6) is 0 Å².